The highest BCUT2D eigenvalue weighted by Crippen LogP contribution is 2.49. The van der Waals surface area contributed by atoms with Gasteiger partial charge in [0.15, 0.2) is 0 Å². The molecule has 0 bridgehead atoms. The predicted octanol–water partition coefficient (Wildman–Crippen LogP) is 13.3. The molecule has 8 aromatic carbocycles. The van der Waals surface area contributed by atoms with Crippen LogP contribution in [0.25, 0.3) is 126 Å². The fraction of sp³-hybridized carbons (Fsp3) is 0. The van der Waals surface area contributed by atoms with Crippen molar-refractivity contribution in [2.75, 3.05) is 0 Å². The van der Waals surface area contributed by atoms with Crippen LogP contribution >= 0.6 is 0 Å². The maximum atomic E-state index is 5.39. The van der Waals surface area contributed by atoms with E-state index in [1.165, 1.54) is 115 Å². The first kappa shape index (κ1) is 28.1. The van der Waals surface area contributed by atoms with Gasteiger partial charge in [-0.3, -0.25) is 4.40 Å². The van der Waals surface area contributed by atoms with Crippen LogP contribution in [0.3, 0.4) is 0 Å². The summed E-state index contributed by atoms with van der Waals surface area (Å²) < 4.78 is 7.32. The first-order chi connectivity index (χ1) is 27.3. The van der Waals surface area contributed by atoms with Crippen LogP contribution in [0, 0.1) is 0 Å². The van der Waals surface area contributed by atoms with Gasteiger partial charge in [0.1, 0.15) is 5.65 Å². The van der Waals surface area contributed by atoms with Crippen molar-refractivity contribution in [2.45, 2.75) is 0 Å². The van der Waals surface area contributed by atoms with E-state index in [1.54, 1.807) is 0 Å². The van der Waals surface area contributed by atoms with Crippen molar-refractivity contribution in [1.82, 2.24) is 18.4 Å². The molecule has 0 radical (unpaired) electrons. The third-order valence-corrected chi connectivity index (χ3v) is 12.5. The van der Waals surface area contributed by atoms with Crippen LogP contribution < -0.4 is 0 Å². The van der Waals surface area contributed by atoms with Crippen LogP contribution in [0.4, 0.5) is 0 Å². The molecule has 0 aliphatic rings. The number of hydrogen-bond acceptors (Lipinski definition) is 1. The summed E-state index contributed by atoms with van der Waals surface area (Å²) >= 11 is 0. The highest BCUT2D eigenvalue weighted by Gasteiger charge is 2.26. The number of benzene rings is 8. The van der Waals surface area contributed by atoms with E-state index in [0.717, 1.165) is 11.2 Å². The molecule has 6 heterocycles. The lowest BCUT2D eigenvalue weighted by Gasteiger charge is -2.09. The molecule has 55 heavy (non-hydrogen) atoms. The summed E-state index contributed by atoms with van der Waals surface area (Å²) in [5.74, 6) is 0. The molecular formula is C51H28N4. The third-order valence-electron chi connectivity index (χ3n) is 12.5. The van der Waals surface area contributed by atoms with Crippen molar-refractivity contribution in [3.63, 3.8) is 0 Å². The number of pyridine rings is 1. The van der Waals surface area contributed by atoms with Gasteiger partial charge in [0, 0.05) is 65.1 Å². The average Bonchev–Trinajstić information content (AvgIpc) is 4.03. The Morgan fingerprint density at radius 1 is 0.364 bits per heavy atom. The normalized spacial score (nSPS) is 12.7. The molecule has 0 N–H and O–H groups in total. The first-order valence-corrected chi connectivity index (χ1v) is 19.0. The first-order valence-electron chi connectivity index (χ1n) is 19.0. The zero-order valence-electron chi connectivity index (χ0n) is 29.5. The van der Waals surface area contributed by atoms with Crippen molar-refractivity contribution in [2.24, 2.45) is 0 Å². The van der Waals surface area contributed by atoms with Crippen molar-refractivity contribution in [3.8, 4) is 16.8 Å². The zero-order chi connectivity index (χ0) is 35.5. The van der Waals surface area contributed by atoms with Gasteiger partial charge in [-0.1, -0.05) is 121 Å². The van der Waals surface area contributed by atoms with Crippen LogP contribution in [0.15, 0.2) is 170 Å². The molecule has 0 saturated heterocycles. The topological polar surface area (TPSA) is 26.6 Å². The lowest BCUT2D eigenvalue weighted by molar-refractivity contribution is 1.18. The van der Waals surface area contributed by atoms with Crippen molar-refractivity contribution < 1.29 is 0 Å². The van der Waals surface area contributed by atoms with Gasteiger partial charge < -0.3 is 8.97 Å². The number of fused-ring (bicyclic) bond motifs is 18. The number of rotatable bonds is 2. The van der Waals surface area contributed by atoms with E-state index in [1.807, 2.05) is 0 Å². The minimum absolute atomic E-state index is 1.02. The molecule has 0 aliphatic carbocycles. The number of para-hydroxylation sites is 5. The third kappa shape index (κ3) is 3.29. The van der Waals surface area contributed by atoms with Gasteiger partial charge in [0.05, 0.1) is 44.8 Å². The largest absolute Gasteiger partial charge is 0.309 e. The molecule has 0 fully saturated rings. The number of aromatic nitrogens is 4. The van der Waals surface area contributed by atoms with E-state index in [2.05, 4.69) is 183 Å². The summed E-state index contributed by atoms with van der Waals surface area (Å²) in [6.07, 6.45) is 2.13. The highest BCUT2D eigenvalue weighted by atomic mass is 15.0. The van der Waals surface area contributed by atoms with Crippen molar-refractivity contribution >= 4 is 109 Å². The average molecular weight is 697 g/mol. The Hall–Kier alpha value is -7.43. The molecule has 0 atom stereocenters. The predicted molar refractivity (Wildman–Crippen MR) is 231 cm³/mol. The number of hydrogen-bond donors (Lipinski definition) is 0. The Kier molecular flexibility index (Phi) is 4.99. The molecule has 0 spiro atoms. The maximum Gasteiger partial charge on any atom is 0.146 e. The summed E-state index contributed by atoms with van der Waals surface area (Å²) in [4.78, 5) is 5.39. The van der Waals surface area contributed by atoms with E-state index in [-0.39, 0.29) is 0 Å². The van der Waals surface area contributed by atoms with Gasteiger partial charge in [-0.15, -0.1) is 0 Å². The Morgan fingerprint density at radius 3 is 1.95 bits per heavy atom. The van der Waals surface area contributed by atoms with Crippen LogP contribution in [0.1, 0.15) is 0 Å². The SMILES string of the molecule is c1ccc(-n2c3ccccc3c3cc(-c4cccc5c6cccc7c8c9c%10cc%11ccccc%11c%11c%12ccccc%12n(c9ncc8n(c45)c67)c%10%11)ccc32)cc1. The Balaban J connectivity index is 1.13. The summed E-state index contributed by atoms with van der Waals surface area (Å²) in [6, 6.07) is 60.2. The van der Waals surface area contributed by atoms with Gasteiger partial charge >= 0.3 is 0 Å². The second-order valence-corrected chi connectivity index (χ2v) is 15.1. The Labute approximate surface area is 313 Å². The number of nitrogens with zero attached hydrogens (tertiary/aromatic N) is 4. The molecule has 0 amide bonds. The second-order valence-electron chi connectivity index (χ2n) is 15.1. The van der Waals surface area contributed by atoms with Crippen LogP contribution in [-0.4, -0.2) is 18.4 Å². The molecule has 252 valence electrons. The minimum Gasteiger partial charge on any atom is -0.309 e. The van der Waals surface area contributed by atoms with Crippen LogP contribution in [0.2, 0.25) is 0 Å². The summed E-state index contributed by atoms with van der Waals surface area (Å²) in [5.41, 5.74) is 13.1. The van der Waals surface area contributed by atoms with Crippen molar-refractivity contribution in [1.29, 1.82) is 0 Å². The molecule has 14 aromatic rings. The summed E-state index contributed by atoms with van der Waals surface area (Å²) in [5, 5.41) is 15.2. The van der Waals surface area contributed by atoms with Gasteiger partial charge in [-0.25, -0.2) is 4.98 Å². The molecule has 6 aromatic heterocycles. The lowest BCUT2D eigenvalue weighted by Crippen LogP contribution is -1.93. The molecular weight excluding hydrogens is 669 g/mol. The molecule has 0 aliphatic heterocycles. The second kappa shape index (κ2) is 9.75. The van der Waals surface area contributed by atoms with Crippen LogP contribution in [-0.2, 0) is 0 Å². The molecule has 4 nitrogen and oxygen atoms in total. The van der Waals surface area contributed by atoms with Gasteiger partial charge in [-0.05, 0) is 58.8 Å². The van der Waals surface area contributed by atoms with E-state index in [4.69, 9.17) is 4.98 Å². The van der Waals surface area contributed by atoms with Crippen LogP contribution in [0.5, 0.6) is 0 Å². The minimum atomic E-state index is 1.02. The van der Waals surface area contributed by atoms with E-state index in [9.17, 15) is 0 Å². The fourth-order valence-corrected chi connectivity index (χ4v) is 10.4. The standard InChI is InChI=1S/C51H28N4/c1-2-13-31(14-3-1)53-41-22-8-6-16-34(41)39-26-30(24-25-43(39)53)33-18-10-19-35-36-20-11-21-38-46-44(54(48(33)35)49(36)38)28-52-51-47(46)40-27-29-12-4-5-15-32(29)45-37-17-7-9-23-42(37)55(51)50(40)45/h1-28H. The van der Waals surface area contributed by atoms with Gasteiger partial charge in [-0.2, -0.15) is 0 Å². The highest BCUT2D eigenvalue weighted by molar-refractivity contribution is 6.38. The molecule has 0 unspecified atom stereocenters. The lowest BCUT2D eigenvalue weighted by atomic mass is 9.98. The van der Waals surface area contributed by atoms with Crippen molar-refractivity contribution in [3.05, 3.63) is 170 Å². The van der Waals surface area contributed by atoms with Gasteiger partial charge in [0.2, 0.25) is 0 Å². The van der Waals surface area contributed by atoms with E-state index >= 15 is 0 Å². The molecule has 0 saturated carbocycles. The molecule has 4 heteroatoms. The Bertz CT molecular complexity index is 3940. The van der Waals surface area contributed by atoms with E-state index in [0.29, 0.717) is 0 Å². The fourth-order valence-electron chi connectivity index (χ4n) is 10.4. The Morgan fingerprint density at radius 2 is 1.05 bits per heavy atom. The maximum absolute atomic E-state index is 5.39. The summed E-state index contributed by atoms with van der Waals surface area (Å²) in [6.45, 7) is 0. The van der Waals surface area contributed by atoms with E-state index < -0.39 is 0 Å². The summed E-state index contributed by atoms with van der Waals surface area (Å²) in [7, 11) is 0. The molecule has 14 rings (SSSR count). The van der Waals surface area contributed by atoms with Gasteiger partial charge in [0.25, 0.3) is 0 Å². The zero-order valence-corrected chi connectivity index (χ0v) is 29.5. The smallest absolute Gasteiger partial charge is 0.146 e. The monoisotopic (exact) mass is 696 g/mol. The quantitative estimate of drug-likeness (QED) is 0.177.